The molecule has 0 radical (unpaired) electrons. The van der Waals surface area contributed by atoms with Crippen molar-refractivity contribution in [2.45, 2.75) is 51.2 Å². The van der Waals surface area contributed by atoms with Crippen LogP contribution in [0.4, 0.5) is 5.82 Å². The van der Waals surface area contributed by atoms with Crippen molar-refractivity contribution >= 4 is 5.82 Å². The van der Waals surface area contributed by atoms with E-state index in [1.54, 1.807) is 4.68 Å². The summed E-state index contributed by atoms with van der Waals surface area (Å²) in [5.74, 6) is 0.723. The molecule has 0 aliphatic heterocycles. The summed E-state index contributed by atoms with van der Waals surface area (Å²) >= 11 is 0. The van der Waals surface area contributed by atoms with Gasteiger partial charge in [0.15, 0.2) is 0 Å². The van der Waals surface area contributed by atoms with Crippen molar-refractivity contribution in [3.63, 3.8) is 0 Å². The largest absolute Gasteiger partial charge is 0.391 e. The van der Waals surface area contributed by atoms with E-state index in [1.165, 1.54) is 6.42 Å². The zero-order valence-electron chi connectivity index (χ0n) is 11.0. The van der Waals surface area contributed by atoms with Crippen molar-refractivity contribution < 1.29 is 5.11 Å². The van der Waals surface area contributed by atoms with Gasteiger partial charge in [0.05, 0.1) is 17.8 Å². The van der Waals surface area contributed by atoms with E-state index in [0.717, 1.165) is 37.2 Å². The summed E-state index contributed by atoms with van der Waals surface area (Å²) in [6, 6.07) is 2.20. The summed E-state index contributed by atoms with van der Waals surface area (Å²) in [5.41, 5.74) is 1.31. The third kappa shape index (κ3) is 2.49. The highest BCUT2D eigenvalue weighted by Gasteiger charge is 2.24. The molecule has 0 spiro atoms. The monoisotopic (exact) mass is 248 g/mol. The summed E-state index contributed by atoms with van der Waals surface area (Å²) < 4.78 is 1.69. The Morgan fingerprint density at radius 1 is 1.39 bits per heavy atom. The Balaban J connectivity index is 2.20. The number of aromatic nitrogens is 2. The number of nitriles is 1. The maximum Gasteiger partial charge on any atom is 0.142 e. The summed E-state index contributed by atoms with van der Waals surface area (Å²) in [7, 11) is 1.82. The van der Waals surface area contributed by atoms with E-state index in [1.807, 2.05) is 14.0 Å². The van der Waals surface area contributed by atoms with E-state index in [-0.39, 0.29) is 12.1 Å². The smallest absolute Gasteiger partial charge is 0.142 e. The predicted octanol–water partition coefficient (Wildman–Crippen LogP) is 1.71. The first-order chi connectivity index (χ1) is 8.63. The predicted molar refractivity (Wildman–Crippen MR) is 69.2 cm³/mol. The molecule has 1 aliphatic carbocycles. The molecule has 1 aromatic heterocycles. The lowest BCUT2D eigenvalue weighted by atomic mass is 10.1. The summed E-state index contributed by atoms with van der Waals surface area (Å²) in [6.45, 7) is 1.83. The topological polar surface area (TPSA) is 73.9 Å². The molecule has 0 saturated heterocycles. The van der Waals surface area contributed by atoms with E-state index in [9.17, 15) is 5.11 Å². The van der Waals surface area contributed by atoms with Crippen LogP contribution < -0.4 is 5.32 Å². The second kappa shape index (κ2) is 5.40. The van der Waals surface area contributed by atoms with Crippen LogP contribution in [-0.2, 0) is 7.05 Å². The number of hydrogen-bond acceptors (Lipinski definition) is 4. The number of aliphatic hydroxyl groups is 1. The van der Waals surface area contributed by atoms with Gasteiger partial charge in [0.25, 0.3) is 0 Å². The highest BCUT2D eigenvalue weighted by atomic mass is 16.3. The highest BCUT2D eigenvalue weighted by molar-refractivity contribution is 5.55. The zero-order chi connectivity index (χ0) is 13.1. The molecule has 0 aromatic carbocycles. The lowest BCUT2D eigenvalue weighted by Crippen LogP contribution is -2.33. The fraction of sp³-hybridized carbons (Fsp3) is 0.692. The minimum atomic E-state index is -0.339. The summed E-state index contributed by atoms with van der Waals surface area (Å²) in [5, 5.41) is 26.8. The Bertz CT molecular complexity index is 460. The minimum Gasteiger partial charge on any atom is -0.391 e. The Hall–Kier alpha value is -1.54. The normalized spacial score (nSPS) is 24.3. The van der Waals surface area contributed by atoms with Gasteiger partial charge in [-0.25, -0.2) is 0 Å². The molecule has 1 aliphatic rings. The van der Waals surface area contributed by atoms with Gasteiger partial charge in [-0.2, -0.15) is 10.4 Å². The number of nitrogens with zero attached hydrogens (tertiary/aromatic N) is 3. The molecule has 2 rings (SSSR count). The van der Waals surface area contributed by atoms with Crippen molar-refractivity contribution in [1.29, 1.82) is 5.26 Å². The third-order valence-electron chi connectivity index (χ3n) is 3.64. The van der Waals surface area contributed by atoms with Crippen molar-refractivity contribution in [3.05, 3.63) is 11.3 Å². The number of anilines is 1. The van der Waals surface area contributed by atoms with E-state index < -0.39 is 0 Å². The lowest BCUT2D eigenvalue weighted by molar-refractivity contribution is 0.144. The Labute approximate surface area is 107 Å². The molecular weight excluding hydrogens is 228 g/mol. The van der Waals surface area contributed by atoms with Gasteiger partial charge in [0.1, 0.15) is 17.5 Å². The van der Waals surface area contributed by atoms with Gasteiger partial charge >= 0.3 is 0 Å². The van der Waals surface area contributed by atoms with E-state index in [4.69, 9.17) is 5.26 Å². The van der Waals surface area contributed by atoms with Crippen LogP contribution in [-0.4, -0.2) is 27.0 Å². The first kappa shape index (κ1) is 12.9. The van der Waals surface area contributed by atoms with Gasteiger partial charge in [-0.1, -0.05) is 19.3 Å². The molecular formula is C13H20N4O. The van der Waals surface area contributed by atoms with Crippen LogP contribution in [0.2, 0.25) is 0 Å². The zero-order valence-corrected chi connectivity index (χ0v) is 11.0. The molecule has 0 bridgehead atoms. The SMILES string of the molecule is Cc1nn(C)c(NC2CCCCCC2O)c1C#N. The number of aliphatic hydroxyl groups excluding tert-OH is 1. The second-order valence-corrected chi connectivity index (χ2v) is 5.00. The van der Waals surface area contributed by atoms with Gasteiger partial charge in [-0.3, -0.25) is 4.68 Å². The fourth-order valence-electron chi connectivity index (χ4n) is 2.59. The molecule has 0 amide bonds. The van der Waals surface area contributed by atoms with Crippen LogP contribution in [0.1, 0.15) is 43.4 Å². The van der Waals surface area contributed by atoms with Crippen LogP contribution in [0.5, 0.6) is 0 Å². The van der Waals surface area contributed by atoms with Crippen molar-refractivity contribution in [2.24, 2.45) is 7.05 Å². The maximum atomic E-state index is 10.1. The minimum absolute atomic E-state index is 0.0226. The van der Waals surface area contributed by atoms with Crippen LogP contribution >= 0.6 is 0 Å². The highest BCUT2D eigenvalue weighted by Crippen LogP contribution is 2.24. The van der Waals surface area contributed by atoms with Crippen LogP contribution in [0.3, 0.4) is 0 Å². The molecule has 1 saturated carbocycles. The van der Waals surface area contributed by atoms with Gasteiger partial charge in [0, 0.05) is 7.05 Å². The van der Waals surface area contributed by atoms with E-state index in [2.05, 4.69) is 16.5 Å². The summed E-state index contributed by atoms with van der Waals surface area (Å²) in [6.07, 6.45) is 4.80. The number of hydrogen-bond donors (Lipinski definition) is 2. The van der Waals surface area contributed by atoms with E-state index in [0.29, 0.717) is 5.56 Å². The molecule has 1 fully saturated rings. The Morgan fingerprint density at radius 2 is 2.11 bits per heavy atom. The molecule has 2 N–H and O–H groups in total. The second-order valence-electron chi connectivity index (χ2n) is 5.00. The maximum absolute atomic E-state index is 10.1. The van der Waals surface area contributed by atoms with Gasteiger partial charge in [-0.05, 0) is 19.8 Å². The summed E-state index contributed by atoms with van der Waals surface area (Å²) in [4.78, 5) is 0. The molecule has 2 atom stereocenters. The fourth-order valence-corrected chi connectivity index (χ4v) is 2.59. The van der Waals surface area contributed by atoms with Gasteiger partial charge in [0.2, 0.25) is 0 Å². The van der Waals surface area contributed by atoms with Crippen molar-refractivity contribution in [2.75, 3.05) is 5.32 Å². The molecule has 5 heteroatoms. The van der Waals surface area contributed by atoms with Crippen LogP contribution in [0.25, 0.3) is 0 Å². The molecule has 2 unspecified atom stereocenters. The van der Waals surface area contributed by atoms with Crippen LogP contribution in [0, 0.1) is 18.3 Å². The van der Waals surface area contributed by atoms with Crippen molar-refractivity contribution in [3.8, 4) is 6.07 Å². The molecule has 98 valence electrons. The molecule has 1 aromatic rings. The van der Waals surface area contributed by atoms with Crippen LogP contribution in [0.15, 0.2) is 0 Å². The third-order valence-corrected chi connectivity index (χ3v) is 3.64. The standard InChI is InChI=1S/C13H20N4O/c1-9-10(8-14)13(17(2)16-9)15-11-6-4-3-5-7-12(11)18/h11-12,15,18H,3-7H2,1-2H3. The average Bonchev–Trinajstić information content (AvgIpc) is 2.49. The first-order valence-corrected chi connectivity index (χ1v) is 6.51. The quantitative estimate of drug-likeness (QED) is 0.781. The number of aryl methyl sites for hydroxylation is 2. The molecule has 1 heterocycles. The van der Waals surface area contributed by atoms with Crippen molar-refractivity contribution in [1.82, 2.24) is 9.78 Å². The number of nitrogens with one attached hydrogen (secondary N) is 1. The Kier molecular flexibility index (Phi) is 3.87. The molecule has 5 nitrogen and oxygen atoms in total. The number of rotatable bonds is 2. The first-order valence-electron chi connectivity index (χ1n) is 6.51. The Morgan fingerprint density at radius 3 is 2.83 bits per heavy atom. The average molecular weight is 248 g/mol. The van der Waals surface area contributed by atoms with E-state index >= 15 is 0 Å². The molecule has 18 heavy (non-hydrogen) atoms. The van der Waals surface area contributed by atoms with Gasteiger partial charge < -0.3 is 10.4 Å². The van der Waals surface area contributed by atoms with Gasteiger partial charge in [-0.15, -0.1) is 0 Å². The lowest BCUT2D eigenvalue weighted by Gasteiger charge is -2.22.